The average molecular weight is 361 g/mol. The summed E-state index contributed by atoms with van der Waals surface area (Å²) in [5.74, 6) is 0. The van der Waals surface area contributed by atoms with E-state index in [9.17, 15) is 13.9 Å². The van der Waals surface area contributed by atoms with Crippen LogP contribution < -0.4 is 0 Å². The molecule has 1 N–H and O–H groups in total. The normalized spacial score (nSPS) is 28.4. The number of rotatable bonds is 5. The predicted octanol–water partition coefficient (Wildman–Crippen LogP) is 3.42. The summed E-state index contributed by atoms with van der Waals surface area (Å²) >= 11 is 0. The molecule has 6 heteroatoms. The molecule has 2 fully saturated rings. The molecule has 2 aromatic carbocycles. The summed E-state index contributed by atoms with van der Waals surface area (Å²) in [6, 6.07) is 14.3. The summed E-state index contributed by atoms with van der Waals surface area (Å²) in [6.45, 7) is -0.840. The lowest BCUT2D eigenvalue weighted by atomic mass is 9.98. The van der Waals surface area contributed by atoms with Gasteiger partial charge in [-0.15, -0.1) is 0 Å². The van der Waals surface area contributed by atoms with E-state index in [1.54, 1.807) is 24.3 Å². The van der Waals surface area contributed by atoms with Crippen LogP contribution in [0.2, 0.25) is 0 Å². The highest BCUT2D eigenvalue weighted by molar-refractivity contribution is 5.33. The number of halogens is 2. The molecule has 2 heterocycles. The highest BCUT2D eigenvalue weighted by Gasteiger charge is 2.57. The fraction of sp³-hybridized carbons (Fsp3) is 0.400. The van der Waals surface area contributed by atoms with Crippen LogP contribution in [0.4, 0.5) is 8.78 Å². The highest BCUT2D eigenvalue weighted by Crippen LogP contribution is 2.49. The molecule has 2 aliphatic heterocycles. The van der Waals surface area contributed by atoms with E-state index in [0.29, 0.717) is 22.3 Å². The third-order valence-corrected chi connectivity index (χ3v) is 5.30. The molecule has 0 amide bonds. The molecule has 0 aromatic heterocycles. The Hall–Kier alpha value is -1.86. The summed E-state index contributed by atoms with van der Waals surface area (Å²) in [5.41, 5.74) is 1.77. The number of aliphatic hydroxyl groups is 1. The lowest BCUT2D eigenvalue weighted by Gasteiger charge is -2.34. The maximum absolute atomic E-state index is 13.5. The fourth-order valence-electron chi connectivity index (χ4n) is 3.89. The Balaban J connectivity index is 1.79. The van der Waals surface area contributed by atoms with E-state index in [-0.39, 0.29) is 19.8 Å². The van der Waals surface area contributed by atoms with Crippen LogP contribution in [0, 0.1) is 0 Å². The maximum atomic E-state index is 13.5. The van der Waals surface area contributed by atoms with Crippen LogP contribution >= 0.6 is 0 Å². The molecule has 0 unspecified atom stereocenters. The average Bonchev–Trinajstić information content (AvgIpc) is 3.25. The molecule has 138 valence electrons. The lowest BCUT2D eigenvalue weighted by molar-refractivity contribution is -0.0640. The zero-order valence-corrected chi connectivity index (χ0v) is 14.3. The van der Waals surface area contributed by atoms with Crippen molar-refractivity contribution in [1.29, 1.82) is 0 Å². The first-order valence-corrected chi connectivity index (χ1v) is 8.64. The summed E-state index contributed by atoms with van der Waals surface area (Å²) in [6.07, 6.45) is -1.12. The monoisotopic (exact) mass is 361 g/mol. The minimum Gasteiger partial charge on any atom is -0.394 e. The van der Waals surface area contributed by atoms with Gasteiger partial charge in [0.2, 0.25) is 0 Å². The van der Waals surface area contributed by atoms with E-state index in [2.05, 4.69) is 0 Å². The zero-order valence-electron chi connectivity index (χ0n) is 14.3. The highest BCUT2D eigenvalue weighted by atomic mass is 19.1. The molecule has 2 saturated heterocycles. The van der Waals surface area contributed by atoms with Crippen molar-refractivity contribution >= 4 is 0 Å². The SMILES string of the molecule is OC[C@]12CO[C@H](c3ccccc3CF)N1[C@H](c1ccccc1CF)OC2. The number of nitrogens with zero attached hydrogens (tertiary/aromatic N) is 1. The number of hydrogen-bond donors (Lipinski definition) is 1. The van der Waals surface area contributed by atoms with Gasteiger partial charge in [0.1, 0.15) is 25.8 Å². The molecule has 26 heavy (non-hydrogen) atoms. The van der Waals surface area contributed by atoms with E-state index in [1.165, 1.54) is 0 Å². The first-order valence-electron chi connectivity index (χ1n) is 8.64. The minimum absolute atomic E-state index is 0.157. The zero-order chi connectivity index (χ0) is 18.1. The summed E-state index contributed by atoms with van der Waals surface area (Å²) in [5, 5.41) is 10.1. The third kappa shape index (κ3) is 2.65. The van der Waals surface area contributed by atoms with Crippen molar-refractivity contribution in [2.45, 2.75) is 31.3 Å². The molecule has 0 radical (unpaired) electrons. The molecule has 2 aromatic rings. The number of alkyl halides is 2. The van der Waals surface area contributed by atoms with Crippen molar-refractivity contribution in [2.75, 3.05) is 19.8 Å². The molecule has 0 bridgehead atoms. The van der Waals surface area contributed by atoms with Gasteiger partial charge in [0.05, 0.1) is 25.4 Å². The van der Waals surface area contributed by atoms with Crippen LogP contribution in [0.5, 0.6) is 0 Å². The van der Waals surface area contributed by atoms with Gasteiger partial charge in [0.15, 0.2) is 0 Å². The third-order valence-electron chi connectivity index (χ3n) is 5.30. The molecule has 0 saturated carbocycles. The molecule has 4 rings (SSSR count). The summed E-state index contributed by atoms with van der Waals surface area (Å²) < 4.78 is 39.0. The van der Waals surface area contributed by atoms with E-state index in [1.807, 2.05) is 29.2 Å². The number of aliphatic hydroxyl groups excluding tert-OH is 1. The molecule has 2 aliphatic rings. The van der Waals surface area contributed by atoms with Crippen LogP contribution in [-0.4, -0.2) is 35.4 Å². The second-order valence-electron chi connectivity index (χ2n) is 6.78. The van der Waals surface area contributed by atoms with Gasteiger partial charge < -0.3 is 14.6 Å². The van der Waals surface area contributed by atoms with Crippen molar-refractivity contribution in [3.8, 4) is 0 Å². The minimum atomic E-state index is -0.720. The Morgan fingerprint density at radius 3 is 1.77 bits per heavy atom. The molecule has 3 atom stereocenters. The van der Waals surface area contributed by atoms with Crippen LogP contribution in [0.3, 0.4) is 0 Å². The first kappa shape index (κ1) is 17.5. The van der Waals surface area contributed by atoms with Gasteiger partial charge in [-0.25, -0.2) is 13.7 Å². The second-order valence-corrected chi connectivity index (χ2v) is 6.78. The lowest BCUT2D eigenvalue weighted by Crippen LogP contribution is -2.47. The largest absolute Gasteiger partial charge is 0.394 e. The quantitative estimate of drug-likeness (QED) is 0.886. The van der Waals surface area contributed by atoms with Crippen LogP contribution in [0.25, 0.3) is 0 Å². The Kier molecular flexibility index (Phi) is 4.75. The smallest absolute Gasteiger partial charge is 0.140 e. The first-order chi connectivity index (χ1) is 12.7. The van der Waals surface area contributed by atoms with Gasteiger partial charge in [-0.2, -0.15) is 0 Å². The molecular weight excluding hydrogens is 340 g/mol. The Morgan fingerprint density at radius 2 is 1.35 bits per heavy atom. The topological polar surface area (TPSA) is 41.9 Å². The molecular formula is C20H21F2NO3. The van der Waals surface area contributed by atoms with Gasteiger partial charge in [-0.05, 0) is 11.1 Å². The van der Waals surface area contributed by atoms with Crippen LogP contribution in [0.15, 0.2) is 48.5 Å². The standard InChI is InChI=1S/C20H21F2NO3/c21-9-14-5-1-3-7-16(14)18-23-19(17-8-4-2-6-15(17)10-22)26-13-20(23,11-24)12-25-18/h1-8,18-19,24H,9-13H2/t18-,19+,20-. The fourth-order valence-corrected chi connectivity index (χ4v) is 3.89. The van der Waals surface area contributed by atoms with Gasteiger partial charge in [-0.1, -0.05) is 48.5 Å². The number of fused-ring (bicyclic) bond motifs is 1. The molecule has 0 aliphatic carbocycles. The van der Waals surface area contributed by atoms with Crippen molar-refractivity contribution < 1.29 is 23.4 Å². The van der Waals surface area contributed by atoms with Crippen LogP contribution in [0.1, 0.15) is 34.7 Å². The maximum Gasteiger partial charge on any atom is 0.140 e. The number of benzene rings is 2. The van der Waals surface area contributed by atoms with Crippen LogP contribution in [-0.2, 0) is 22.8 Å². The van der Waals surface area contributed by atoms with E-state index < -0.39 is 31.3 Å². The van der Waals surface area contributed by atoms with Crippen molar-refractivity contribution in [3.63, 3.8) is 0 Å². The van der Waals surface area contributed by atoms with Crippen molar-refractivity contribution in [1.82, 2.24) is 4.90 Å². The van der Waals surface area contributed by atoms with Crippen molar-refractivity contribution in [3.05, 3.63) is 70.8 Å². The van der Waals surface area contributed by atoms with Gasteiger partial charge in [-0.3, -0.25) is 0 Å². The Morgan fingerprint density at radius 1 is 0.885 bits per heavy atom. The second kappa shape index (κ2) is 7.04. The van der Waals surface area contributed by atoms with Gasteiger partial charge in [0.25, 0.3) is 0 Å². The Labute approximate surface area is 151 Å². The Bertz CT molecular complexity index is 726. The van der Waals surface area contributed by atoms with Crippen molar-refractivity contribution in [2.24, 2.45) is 0 Å². The summed E-state index contributed by atoms with van der Waals surface area (Å²) in [7, 11) is 0. The molecule has 0 spiro atoms. The number of ether oxygens (including phenoxy) is 2. The van der Waals surface area contributed by atoms with E-state index in [0.717, 1.165) is 0 Å². The van der Waals surface area contributed by atoms with E-state index in [4.69, 9.17) is 9.47 Å². The van der Waals surface area contributed by atoms with Gasteiger partial charge in [0, 0.05) is 11.1 Å². The number of hydrogen-bond acceptors (Lipinski definition) is 4. The molecule has 4 nitrogen and oxygen atoms in total. The van der Waals surface area contributed by atoms with Gasteiger partial charge >= 0.3 is 0 Å². The predicted molar refractivity (Wildman–Crippen MR) is 91.5 cm³/mol. The van der Waals surface area contributed by atoms with E-state index >= 15 is 0 Å². The summed E-state index contributed by atoms with van der Waals surface area (Å²) in [4.78, 5) is 1.93.